The van der Waals surface area contributed by atoms with Crippen LogP contribution in [0.25, 0.3) is 0 Å². The lowest BCUT2D eigenvalue weighted by atomic mass is 10.0. The summed E-state index contributed by atoms with van der Waals surface area (Å²) in [6, 6.07) is 14.8. The first kappa shape index (κ1) is 14.1. The molecule has 1 unspecified atom stereocenters. The van der Waals surface area contributed by atoms with Crippen LogP contribution in [0.1, 0.15) is 11.1 Å². The summed E-state index contributed by atoms with van der Waals surface area (Å²) in [5, 5.41) is 3.27. The Hall–Kier alpha value is -1.85. The summed E-state index contributed by atoms with van der Waals surface area (Å²) in [5.41, 5.74) is 3.16. The van der Waals surface area contributed by atoms with E-state index in [-0.39, 0.29) is 6.04 Å². The first-order valence-electron chi connectivity index (χ1n) is 6.95. The molecule has 4 nitrogen and oxygen atoms in total. The highest BCUT2D eigenvalue weighted by atomic mass is 32.2. The molecule has 0 saturated heterocycles. The molecule has 1 atom stereocenters. The van der Waals surface area contributed by atoms with Crippen molar-refractivity contribution in [2.24, 2.45) is 0 Å². The number of fused-ring (bicyclic) bond motifs is 1. The summed E-state index contributed by atoms with van der Waals surface area (Å²) in [7, 11) is -3.47. The van der Waals surface area contributed by atoms with Gasteiger partial charge in [0.25, 0.3) is 0 Å². The van der Waals surface area contributed by atoms with Crippen molar-refractivity contribution in [1.29, 1.82) is 0 Å². The Labute approximate surface area is 125 Å². The van der Waals surface area contributed by atoms with Crippen LogP contribution in [0.4, 0.5) is 5.69 Å². The first-order valence-corrected chi connectivity index (χ1v) is 8.44. The molecule has 0 bridgehead atoms. The van der Waals surface area contributed by atoms with E-state index in [1.165, 1.54) is 0 Å². The summed E-state index contributed by atoms with van der Waals surface area (Å²) < 4.78 is 27.6. The number of hydrogen-bond donors (Lipinski definition) is 2. The second kappa shape index (κ2) is 5.50. The summed E-state index contributed by atoms with van der Waals surface area (Å²) in [4.78, 5) is 0.321. The minimum atomic E-state index is -3.47. The topological polar surface area (TPSA) is 58.2 Å². The summed E-state index contributed by atoms with van der Waals surface area (Å²) in [5.74, 6) is 0. The molecule has 0 spiro atoms. The molecule has 2 N–H and O–H groups in total. The number of rotatable bonds is 3. The Morgan fingerprint density at radius 1 is 1.14 bits per heavy atom. The normalized spacial score (nSPS) is 17.9. The van der Waals surface area contributed by atoms with Crippen LogP contribution < -0.4 is 10.0 Å². The summed E-state index contributed by atoms with van der Waals surface area (Å²) in [6.45, 7) is 2.49. The van der Waals surface area contributed by atoms with E-state index in [9.17, 15) is 8.42 Å². The molecule has 0 radical (unpaired) electrons. The van der Waals surface area contributed by atoms with Crippen molar-refractivity contribution in [1.82, 2.24) is 4.72 Å². The van der Waals surface area contributed by atoms with Gasteiger partial charge in [0.1, 0.15) is 0 Å². The minimum absolute atomic E-state index is 0.134. The molecule has 2 aromatic rings. The highest BCUT2D eigenvalue weighted by molar-refractivity contribution is 7.89. The number of sulfonamides is 1. The summed E-state index contributed by atoms with van der Waals surface area (Å²) in [6.07, 6.45) is 0.703. The maximum absolute atomic E-state index is 12.4. The Morgan fingerprint density at radius 3 is 2.76 bits per heavy atom. The molecule has 1 aliphatic heterocycles. The Kier molecular flexibility index (Phi) is 3.69. The van der Waals surface area contributed by atoms with E-state index in [1.54, 1.807) is 18.2 Å². The van der Waals surface area contributed by atoms with Crippen molar-refractivity contribution in [2.45, 2.75) is 24.3 Å². The molecule has 5 heteroatoms. The highest BCUT2D eigenvalue weighted by Crippen LogP contribution is 2.22. The van der Waals surface area contributed by atoms with Crippen LogP contribution in [-0.4, -0.2) is 21.0 Å². The maximum Gasteiger partial charge on any atom is 0.240 e. The van der Waals surface area contributed by atoms with Gasteiger partial charge in [-0.25, -0.2) is 13.1 Å². The van der Waals surface area contributed by atoms with Crippen LogP contribution in [0, 0.1) is 6.92 Å². The maximum atomic E-state index is 12.4. The fourth-order valence-electron chi connectivity index (χ4n) is 2.59. The van der Waals surface area contributed by atoms with Crippen molar-refractivity contribution in [2.75, 3.05) is 11.9 Å². The van der Waals surface area contributed by atoms with Crippen LogP contribution in [0.5, 0.6) is 0 Å². The van der Waals surface area contributed by atoms with Gasteiger partial charge < -0.3 is 5.32 Å². The molecule has 1 heterocycles. The van der Waals surface area contributed by atoms with Crippen molar-refractivity contribution in [3.05, 3.63) is 59.7 Å². The second-order valence-corrected chi connectivity index (χ2v) is 7.09. The molecule has 0 saturated carbocycles. The lowest BCUT2D eigenvalue weighted by Gasteiger charge is -2.26. The van der Waals surface area contributed by atoms with Gasteiger partial charge in [-0.3, -0.25) is 0 Å². The van der Waals surface area contributed by atoms with Crippen LogP contribution in [0.15, 0.2) is 53.4 Å². The fourth-order valence-corrected chi connectivity index (χ4v) is 3.94. The lowest BCUT2D eigenvalue weighted by molar-refractivity contribution is 0.548. The molecule has 1 aliphatic rings. The van der Waals surface area contributed by atoms with Crippen LogP contribution in [-0.2, 0) is 16.4 Å². The zero-order valence-corrected chi connectivity index (χ0v) is 12.7. The third kappa shape index (κ3) is 3.09. The molecule has 0 fully saturated rings. The van der Waals surface area contributed by atoms with Gasteiger partial charge in [-0.1, -0.05) is 30.3 Å². The largest absolute Gasteiger partial charge is 0.383 e. The number of nitrogens with one attached hydrogen (secondary N) is 2. The minimum Gasteiger partial charge on any atom is -0.383 e. The Bertz CT molecular complexity index is 756. The van der Waals surface area contributed by atoms with Gasteiger partial charge in [0.15, 0.2) is 0 Å². The molecule has 0 aliphatic carbocycles. The standard InChI is InChI=1S/C16H18N2O2S/c1-12-5-4-7-15(9-12)21(19,20)18-14-10-13-6-2-3-8-16(13)17-11-14/h2-9,14,17-18H,10-11H2,1H3. The second-order valence-electron chi connectivity index (χ2n) is 5.38. The van der Waals surface area contributed by atoms with E-state index in [1.807, 2.05) is 37.3 Å². The van der Waals surface area contributed by atoms with Gasteiger partial charge in [0, 0.05) is 18.3 Å². The predicted molar refractivity (Wildman–Crippen MR) is 83.9 cm³/mol. The van der Waals surface area contributed by atoms with Gasteiger partial charge >= 0.3 is 0 Å². The Morgan fingerprint density at radius 2 is 1.95 bits per heavy atom. The van der Waals surface area contributed by atoms with Crippen LogP contribution in [0.2, 0.25) is 0 Å². The van der Waals surface area contributed by atoms with Crippen LogP contribution in [0.3, 0.4) is 0 Å². The molecular formula is C16H18N2O2S. The van der Waals surface area contributed by atoms with E-state index in [0.717, 1.165) is 16.8 Å². The number of anilines is 1. The van der Waals surface area contributed by atoms with Gasteiger partial charge in [0.05, 0.1) is 4.90 Å². The fraction of sp³-hybridized carbons (Fsp3) is 0.250. The highest BCUT2D eigenvalue weighted by Gasteiger charge is 2.23. The number of aryl methyl sites for hydroxylation is 1. The number of para-hydroxylation sites is 1. The van der Waals surface area contributed by atoms with Crippen molar-refractivity contribution in [3.63, 3.8) is 0 Å². The third-order valence-corrected chi connectivity index (χ3v) is 5.16. The van der Waals surface area contributed by atoms with Gasteiger partial charge in [-0.05, 0) is 42.7 Å². The SMILES string of the molecule is Cc1cccc(S(=O)(=O)NC2CNc3ccccc3C2)c1. The van der Waals surface area contributed by atoms with E-state index in [4.69, 9.17) is 0 Å². The lowest BCUT2D eigenvalue weighted by Crippen LogP contribution is -2.43. The first-order chi connectivity index (χ1) is 10.0. The molecule has 3 rings (SSSR count). The zero-order chi connectivity index (χ0) is 14.9. The van der Waals surface area contributed by atoms with Gasteiger partial charge in [0.2, 0.25) is 10.0 Å². The van der Waals surface area contributed by atoms with Gasteiger partial charge in [-0.15, -0.1) is 0 Å². The van der Waals surface area contributed by atoms with Crippen molar-refractivity contribution >= 4 is 15.7 Å². The monoisotopic (exact) mass is 302 g/mol. The Balaban J connectivity index is 1.78. The van der Waals surface area contributed by atoms with E-state index < -0.39 is 10.0 Å². The van der Waals surface area contributed by atoms with E-state index >= 15 is 0 Å². The zero-order valence-electron chi connectivity index (χ0n) is 11.8. The smallest absolute Gasteiger partial charge is 0.240 e. The third-order valence-electron chi connectivity index (χ3n) is 3.64. The average Bonchev–Trinajstić information content (AvgIpc) is 2.47. The van der Waals surface area contributed by atoms with Crippen molar-refractivity contribution < 1.29 is 8.42 Å². The molecule has 21 heavy (non-hydrogen) atoms. The quantitative estimate of drug-likeness (QED) is 0.915. The molecule has 110 valence electrons. The summed E-state index contributed by atoms with van der Waals surface area (Å²) >= 11 is 0. The number of hydrogen-bond acceptors (Lipinski definition) is 3. The predicted octanol–water partition coefficient (Wildman–Crippen LogP) is 2.31. The van der Waals surface area contributed by atoms with E-state index in [2.05, 4.69) is 10.0 Å². The number of benzene rings is 2. The molecule has 0 aromatic heterocycles. The van der Waals surface area contributed by atoms with Crippen LogP contribution >= 0.6 is 0 Å². The molecule has 2 aromatic carbocycles. The van der Waals surface area contributed by atoms with E-state index in [0.29, 0.717) is 17.9 Å². The van der Waals surface area contributed by atoms with Crippen molar-refractivity contribution in [3.8, 4) is 0 Å². The molecular weight excluding hydrogens is 284 g/mol. The van der Waals surface area contributed by atoms with Gasteiger partial charge in [-0.2, -0.15) is 0 Å². The average molecular weight is 302 g/mol. The molecule has 0 amide bonds.